The molecule has 1 amide bonds. The second-order valence-electron chi connectivity index (χ2n) is 12.3. The molecular weight excluding hydrogens is 482 g/mol. The molecule has 202 valence electrons. The predicted octanol–water partition coefficient (Wildman–Crippen LogP) is 4.98. The van der Waals surface area contributed by atoms with Crippen molar-refractivity contribution in [3.05, 3.63) is 23.5 Å². The third-order valence-corrected chi connectivity index (χ3v) is 10.4. The number of carbonyl (C=O) groups excluding carboxylic acids is 1. The third-order valence-electron chi connectivity index (χ3n) is 10.1. The lowest BCUT2D eigenvalue weighted by Gasteiger charge is -2.62. The zero-order valence-corrected chi connectivity index (χ0v) is 22.7. The summed E-state index contributed by atoms with van der Waals surface area (Å²) in [6.45, 7) is 9.08. The van der Waals surface area contributed by atoms with Gasteiger partial charge >= 0.3 is 16.4 Å². The van der Waals surface area contributed by atoms with E-state index in [2.05, 4.69) is 20.8 Å². The van der Waals surface area contributed by atoms with Gasteiger partial charge in [-0.05, 0) is 98.4 Å². The first-order valence-electron chi connectivity index (χ1n) is 13.3. The number of aliphatic carboxylic acids is 1. The molecule has 0 aromatic rings. The van der Waals surface area contributed by atoms with Crippen molar-refractivity contribution < 1.29 is 31.8 Å². The van der Waals surface area contributed by atoms with E-state index in [4.69, 9.17) is 4.18 Å². The fraction of sp³-hybridized carbons (Fsp3) is 0.778. The van der Waals surface area contributed by atoms with Gasteiger partial charge in [-0.1, -0.05) is 33.3 Å². The number of amides is 1. The van der Waals surface area contributed by atoms with Crippen molar-refractivity contribution in [3.63, 3.8) is 0 Å². The van der Waals surface area contributed by atoms with Crippen molar-refractivity contribution in [3.8, 4) is 0 Å². The summed E-state index contributed by atoms with van der Waals surface area (Å²) in [6.07, 6.45) is 11.8. The van der Waals surface area contributed by atoms with Crippen LogP contribution in [-0.2, 0) is 24.2 Å². The van der Waals surface area contributed by atoms with E-state index in [9.17, 15) is 27.7 Å². The Morgan fingerprint density at radius 1 is 1.25 bits per heavy atom. The van der Waals surface area contributed by atoms with Gasteiger partial charge in [-0.25, -0.2) is 4.79 Å². The van der Waals surface area contributed by atoms with Crippen LogP contribution >= 0.6 is 0 Å². The summed E-state index contributed by atoms with van der Waals surface area (Å²) in [5, 5.41) is 9.32. The van der Waals surface area contributed by atoms with E-state index in [0.717, 1.165) is 24.8 Å². The number of nitrogens with zero attached hydrogens (tertiary/aromatic N) is 1. The lowest BCUT2D eigenvalue weighted by Crippen LogP contribution is -2.54. The molecule has 0 bridgehead atoms. The Balaban J connectivity index is 1.56. The molecule has 36 heavy (non-hydrogen) atoms. The molecule has 1 aliphatic heterocycles. The maximum absolute atomic E-state index is 12.9. The minimum atomic E-state index is -4.59. The van der Waals surface area contributed by atoms with E-state index in [1.165, 1.54) is 37.3 Å². The van der Waals surface area contributed by atoms with Crippen LogP contribution in [0.1, 0.15) is 85.5 Å². The molecule has 9 heteroatoms. The number of allylic oxidation sites excluding steroid dienone is 1. The Bertz CT molecular complexity index is 1060. The van der Waals surface area contributed by atoms with Crippen LogP contribution in [0.5, 0.6) is 0 Å². The van der Waals surface area contributed by atoms with Gasteiger partial charge < -0.3 is 14.2 Å². The summed E-state index contributed by atoms with van der Waals surface area (Å²) < 4.78 is 36.5. The number of carboxylic acid groups (broad SMARTS) is 1. The van der Waals surface area contributed by atoms with Crippen LogP contribution in [0.2, 0.25) is 0 Å². The molecule has 1 heterocycles. The van der Waals surface area contributed by atoms with Crippen LogP contribution in [0.4, 0.5) is 0 Å². The second-order valence-corrected chi connectivity index (χ2v) is 13.4. The molecule has 0 aromatic carbocycles. The lowest BCUT2D eigenvalue weighted by molar-refractivity contribution is -0.147. The summed E-state index contributed by atoms with van der Waals surface area (Å²) in [5.41, 5.74) is 2.05. The van der Waals surface area contributed by atoms with Crippen LogP contribution in [-0.4, -0.2) is 47.4 Å². The molecule has 2 N–H and O–H groups in total. The number of hydrogen-bond acceptors (Lipinski definition) is 5. The molecule has 0 radical (unpaired) electrons. The van der Waals surface area contributed by atoms with Crippen LogP contribution in [0.3, 0.4) is 0 Å². The molecule has 3 aliphatic carbocycles. The first kappa shape index (κ1) is 27.2. The van der Waals surface area contributed by atoms with Crippen LogP contribution in [0.25, 0.3) is 0 Å². The molecule has 4 aliphatic rings. The van der Waals surface area contributed by atoms with Crippen molar-refractivity contribution in [1.29, 1.82) is 0 Å². The quantitative estimate of drug-likeness (QED) is 0.356. The Labute approximate surface area is 215 Å². The largest absolute Gasteiger partial charge is 0.480 e. The third kappa shape index (κ3) is 5.10. The normalized spacial score (nSPS) is 36.1. The first-order valence-corrected chi connectivity index (χ1v) is 14.7. The van der Waals surface area contributed by atoms with E-state index < -0.39 is 22.4 Å². The van der Waals surface area contributed by atoms with Crippen LogP contribution in [0, 0.1) is 34.5 Å². The smallest absolute Gasteiger partial charge is 0.445 e. The molecule has 8 nitrogen and oxygen atoms in total. The molecule has 3 saturated carbocycles. The lowest BCUT2D eigenvalue weighted by atomic mass is 9.43. The molecule has 0 saturated heterocycles. The topological polar surface area (TPSA) is 121 Å². The van der Waals surface area contributed by atoms with Crippen LogP contribution < -0.4 is 0 Å². The maximum atomic E-state index is 12.9. The van der Waals surface area contributed by atoms with Crippen molar-refractivity contribution in [2.45, 2.75) is 91.5 Å². The standard InChI is InChI=1S/C27H41NO7S/c1-17(25(30)31)28-15-12-18(24(28)29)6-8-20-19(16-35-36(32,33)34)7-10-22-21(20)9-11-23-26(2,3)13-5-14-27(22,23)4/h12,16-17,20-23H,5-11,13-15H2,1-4H3,(H,30,31)(H,32,33,34)/b19-16-/t17-,20+,21+,22+,23+,27-/m1/s1. The van der Waals surface area contributed by atoms with Crippen molar-refractivity contribution in [2.75, 3.05) is 6.54 Å². The maximum Gasteiger partial charge on any atom is 0.445 e. The Morgan fingerprint density at radius 3 is 2.64 bits per heavy atom. The minimum Gasteiger partial charge on any atom is -0.480 e. The van der Waals surface area contributed by atoms with Crippen LogP contribution in [0.15, 0.2) is 23.5 Å². The molecule has 6 atom stereocenters. The van der Waals surface area contributed by atoms with Gasteiger partial charge in [0.1, 0.15) is 12.3 Å². The molecule has 0 aromatic heterocycles. The number of hydrogen-bond donors (Lipinski definition) is 2. The number of fused-ring (bicyclic) bond motifs is 3. The highest BCUT2D eigenvalue weighted by Crippen LogP contribution is 2.65. The summed E-state index contributed by atoms with van der Waals surface area (Å²) in [6, 6.07) is -0.881. The molecule has 0 unspecified atom stereocenters. The van der Waals surface area contributed by atoms with Gasteiger partial charge in [-0.2, -0.15) is 8.42 Å². The number of rotatable bonds is 7. The summed E-state index contributed by atoms with van der Waals surface area (Å²) >= 11 is 0. The zero-order valence-electron chi connectivity index (χ0n) is 21.9. The Morgan fingerprint density at radius 2 is 1.97 bits per heavy atom. The second kappa shape index (κ2) is 9.78. The van der Waals surface area contributed by atoms with Gasteiger partial charge in [0.25, 0.3) is 5.91 Å². The van der Waals surface area contributed by atoms with E-state index >= 15 is 0 Å². The van der Waals surface area contributed by atoms with E-state index in [-0.39, 0.29) is 17.2 Å². The predicted molar refractivity (Wildman–Crippen MR) is 135 cm³/mol. The van der Waals surface area contributed by atoms with Gasteiger partial charge in [0.2, 0.25) is 0 Å². The van der Waals surface area contributed by atoms with E-state index in [1.54, 1.807) is 0 Å². The summed E-state index contributed by atoms with van der Waals surface area (Å²) in [5.74, 6) is 0.318. The van der Waals surface area contributed by atoms with Gasteiger partial charge in [-0.15, -0.1) is 0 Å². The SMILES string of the molecule is C[C@H](C(=O)O)N1CC=C(CC[C@H]2/C(=C\OS(=O)(=O)O)CC[C@H]3[C@H]2CC[C@H]2C(C)(C)CCC[C@]32C)C1=O. The highest BCUT2D eigenvalue weighted by atomic mass is 32.3. The Kier molecular flexibility index (Phi) is 7.38. The molecule has 4 rings (SSSR count). The first-order chi connectivity index (χ1) is 16.7. The summed E-state index contributed by atoms with van der Waals surface area (Å²) in [7, 11) is -4.59. The number of carboxylic acids is 1. The van der Waals surface area contributed by atoms with Gasteiger partial charge in [0.05, 0.1) is 0 Å². The highest BCUT2D eigenvalue weighted by Gasteiger charge is 2.56. The molecular formula is C27H41NO7S. The Hall–Kier alpha value is -1.87. The zero-order chi connectivity index (χ0) is 26.5. The fourth-order valence-electron chi connectivity index (χ4n) is 8.41. The fourth-order valence-corrected chi connectivity index (χ4v) is 8.65. The monoisotopic (exact) mass is 523 g/mol. The molecule has 3 fully saturated rings. The van der Waals surface area contributed by atoms with E-state index in [0.29, 0.717) is 54.5 Å². The summed E-state index contributed by atoms with van der Waals surface area (Å²) in [4.78, 5) is 25.6. The molecule has 0 spiro atoms. The van der Waals surface area contributed by atoms with Gasteiger partial charge in [0, 0.05) is 12.1 Å². The average Bonchev–Trinajstić information content (AvgIpc) is 3.14. The minimum absolute atomic E-state index is 0.0490. The van der Waals surface area contributed by atoms with Gasteiger partial charge in [0.15, 0.2) is 0 Å². The van der Waals surface area contributed by atoms with Crippen molar-refractivity contribution in [2.24, 2.45) is 34.5 Å². The van der Waals surface area contributed by atoms with Gasteiger partial charge in [-0.3, -0.25) is 9.35 Å². The number of carbonyl (C=O) groups is 2. The van der Waals surface area contributed by atoms with Crippen molar-refractivity contribution in [1.82, 2.24) is 4.90 Å². The highest BCUT2D eigenvalue weighted by molar-refractivity contribution is 7.81. The van der Waals surface area contributed by atoms with E-state index in [1.807, 2.05) is 6.08 Å². The van der Waals surface area contributed by atoms with Crippen molar-refractivity contribution >= 4 is 22.3 Å². The average molecular weight is 524 g/mol.